The Labute approximate surface area is 148 Å². The summed E-state index contributed by atoms with van der Waals surface area (Å²) in [5.74, 6) is 0.0858. The second-order valence-electron chi connectivity index (χ2n) is 5.75. The Morgan fingerprint density at radius 1 is 0.958 bits per heavy atom. The molecular formula is C20H37NO3. The average Bonchev–Trinajstić information content (AvgIpc) is 2.61. The molecule has 0 aliphatic heterocycles. The third kappa shape index (κ3) is 9.38. The normalized spacial score (nSPS) is 13.3. The van der Waals surface area contributed by atoms with Crippen LogP contribution in [0.4, 0.5) is 0 Å². The van der Waals surface area contributed by atoms with Gasteiger partial charge < -0.3 is 20.3 Å². The van der Waals surface area contributed by atoms with Crippen molar-refractivity contribution >= 4 is 0 Å². The Morgan fingerprint density at radius 3 is 1.92 bits per heavy atom. The number of ether oxygens (including phenoxy) is 2. The summed E-state index contributed by atoms with van der Waals surface area (Å²) in [5.41, 5.74) is 7.63. The van der Waals surface area contributed by atoms with Crippen molar-refractivity contribution in [2.75, 3.05) is 19.8 Å². The molecule has 0 amide bonds. The number of unbranched alkanes of at least 4 members (excludes halogenated alkanes) is 1. The zero-order valence-electron chi connectivity index (χ0n) is 15.9. The first-order valence-corrected chi connectivity index (χ1v) is 9.30. The first kappa shape index (κ1) is 23.1. The fraction of sp³-hybridized carbons (Fsp3) is 0.700. The molecule has 1 aromatic carbocycles. The van der Waals surface area contributed by atoms with Gasteiger partial charge in [0.15, 0.2) is 6.29 Å². The minimum absolute atomic E-state index is 0.0560. The van der Waals surface area contributed by atoms with Gasteiger partial charge in [-0.25, -0.2) is 0 Å². The molecule has 0 heterocycles. The van der Waals surface area contributed by atoms with Gasteiger partial charge in [0.1, 0.15) is 0 Å². The van der Waals surface area contributed by atoms with Crippen LogP contribution in [-0.2, 0) is 9.47 Å². The molecule has 0 bridgehead atoms. The molecule has 2 atom stereocenters. The molecule has 0 aliphatic rings. The first-order chi connectivity index (χ1) is 11.7. The van der Waals surface area contributed by atoms with Crippen LogP contribution in [0.5, 0.6) is 0 Å². The van der Waals surface area contributed by atoms with E-state index in [0.29, 0.717) is 19.8 Å². The topological polar surface area (TPSA) is 64.7 Å². The van der Waals surface area contributed by atoms with E-state index in [4.69, 9.17) is 20.3 Å². The number of aliphatic hydroxyl groups is 1. The summed E-state index contributed by atoms with van der Waals surface area (Å²) in [6.45, 7) is 9.69. The molecule has 0 saturated heterocycles. The molecule has 1 aromatic rings. The number of hydrogen-bond donors (Lipinski definition) is 2. The zero-order chi connectivity index (χ0) is 18.2. The predicted molar refractivity (Wildman–Crippen MR) is 101 cm³/mol. The van der Waals surface area contributed by atoms with E-state index in [1.165, 1.54) is 5.56 Å². The van der Waals surface area contributed by atoms with Crippen LogP contribution in [-0.4, -0.2) is 37.3 Å². The van der Waals surface area contributed by atoms with Gasteiger partial charge in [-0.2, -0.15) is 0 Å². The molecule has 1 rings (SSSR count). The molecule has 24 heavy (non-hydrogen) atoms. The van der Waals surface area contributed by atoms with Gasteiger partial charge in [-0.15, -0.1) is 0 Å². The van der Waals surface area contributed by atoms with Crippen LogP contribution in [0.3, 0.4) is 0 Å². The van der Waals surface area contributed by atoms with E-state index in [1.807, 2.05) is 39.0 Å². The van der Waals surface area contributed by atoms with Crippen molar-refractivity contribution in [2.45, 2.75) is 71.6 Å². The number of rotatable bonds is 11. The van der Waals surface area contributed by atoms with Crippen LogP contribution in [0.1, 0.15) is 64.9 Å². The van der Waals surface area contributed by atoms with Gasteiger partial charge in [-0.1, -0.05) is 57.0 Å². The van der Waals surface area contributed by atoms with E-state index in [-0.39, 0.29) is 18.2 Å². The second-order valence-corrected chi connectivity index (χ2v) is 5.75. The van der Waals surface area contributed by atoms with E-state index < -0.39 is 0 Å². The molecule has 3 N–H and O–H groups in total. The molecule has 2 unspecified atom stereocenters. The Balaban J connectivity index is 0.00000118. The van der Waals surface area contributed by atoms with E-state index in [1.54, 1.807) is 0 Å². The minimum atomic E-state index is -0.265. The van der Waals surface area contributed by atoms with Crippen molar-refractivity contribution in [3.05, 3.63) is 35.9 Å². The van der Waals surface area contributed by atoms with Crippen molar-refractivity contribution in [1.29, 1.82) is 0 Å². The van der Waals surface area contributed by atoms with Gasteiger partial charge in [-0.3, -0.25) is 0 Å². The minimum Gasteiger partial charge on any atom is -0.396 e. The second kappa shape index (κ2) is 15.6. The molecule has 0 aromatic heterocycles. The van der Waals surface area contributed by atoms with E-state index in [0.717, 1.165) is 25.7 Å². The Morgan fingerprint density at radius 2 is 1.50 bits per heavy atom. The van der Waals surface area contributed by atoms with Gasteiger partial charge >= 0.3 is 0 Å². The Bertz CT molecular complexity index is 364. The van der Waals surface area contributed by atoms with Crippen LogP contribution in [0, 0.1) is 0 Å². The first-order valence-electron chi connectivity index (χ1n) is 9.30. The highest BCUT2D eigenvalue weighted by Crippen LogP contribution is 2.28. The lowest BCUT2D eigenvalue weighted by atomic mass is 9.88. The lowest BCUT2D eigenvalue weighted by Gasteiger charge is -2.31. The highest BCUT2D eigenvalue weighted by atomic mass is 16.7. The van der Waals surface area contributed by atoms with Crippen molar-refractivity contribution < 1.29 is 14.6 Å². The molecule has 0 radical (unpaired) electrons. The van der Waals surface area contributed by atoms with Crippen molar-refractivity contribution in [3.8, 4) is 0 Å². The quantitative estimate of drug-likeness (QED) is 0.596. The van der Waals surface area contributed by atoms with Crippen LogP contribution < -0.4 is 5.73 Å². The molecule has 0 fully saturated rings. The smallest absolute Gasteiger partial charge is 0.165 e. The maximum absolute atomic E-state index is 7.88. The maximum Gasteiger partial charge on any atom is 0.165 e. The number of benzene rings is 1. The van der Waals surface area contributed by atoms with Crippen LogP contribution in [0.25, 0.3) is 0 Å². The standard InChI is InChI=1S/C17H29NO2.C3H8O/c1-4-7-13-15(18)16(14-11-9-8-10-12-14)17(19-5-2)20-6-3;1-2-3-4/h8-12,15-17H,4-7,13,18H2,1-3H3;4H,2-3H2,1H3. The van der Waals surface area contributed by atoms with Gasteiger partial charge in [0, 0.05) is 25.9 Å². The van der Waals surface area contributed by atoms with Gasteiger partial charge in [0.2, 0.25) is 0 Å². The summed E-state index contributed by atoms with van der Waals surface area (Å²) in [6, 6.07) is 10.4. The fourth-order valence-electron chi connectivity index (χ4n) is 2.48. The third-order valence-corrected chi connectivity index (χ3v) is 3.72. The summed E-state index contributed by atoms with van der Waals surface area (Å²) < 4.78 is 11.6. The molecule has 140 valence electrons. The summed E-state index contributed by atoms with van der Waals surface area (Å²) >= 11 is 0. The summed E-state index contributed by atoms with van der Waals surface area (Å²) in [4.78, 5) is 0. The van der Waals surface area contributed by atoms with E-state index in [2.05, 4.69) is 19.1 Å². The fourth-order valence-corrected chi connectivity index (χ4v) is 2.48. The van der Waals surface area contributed by atoms with Crippen molar-refractivity contribution in [3.63, 3.8) is 0 Å². The lowest BCUT2D eigenvalue weighted by Crippen LogP contribution is -2.39. The summed E-state index contributed by atoms with van der Waals surface area (Å²) in [6.07, 6.45) is 3.89. The molecule has 0 spiro atoms. The van der Waals surface area contributed by atoms with Crippen LogP contribution in [0.15, 0.2) is 30.3 Å². The van der Waals surface area contributed by atoms with Crippen molar-refractivity contribution in [1.82, 2.24) is 0 Å². The molecule has 4 nitrogen and oxygen atoms in total. The Hall–Kier alpha value is -0.940. The monoisotopic (exact) mass is 339 g/mol. The maximum atomic E-state index is 7.88. The number of nitrogens with two attached hydrogens (primary N) is 1. The Kier molecular flexibility index (Phi) is 15.0. The van der Waals surface area contributed by atoms with Gasteiger partial charge in [-0.05, 0) is 32.3 Å². The van der Waals surface area contributed by atoms with Crippen molar-refractivity contribution in [2.24, 2.45) is 5.73 Å². The number of hydrogen-bond acceptors (Lipinski definition) is 4. The van der Waals surface area contributed by atoms with Gasteiger partial charge in [0.05, 0.1) is 5.92 Å². The predicted octanol–water partition coefficient (Wildman–Crippen LogP) is 4.08. The SMILES string of the molecule is CCCCC(N)C(c1ccccc1)C(OCC)OCC.CCCO. The zero-order valence-corrected chi connectivity index (χ0v) is 15.9. The highest BCUT2D eigenvalue weighted by molar-refractivity contribution is 5.22. The largest absolute Gasteiger partial charge is 0.396 e. The van der Waals surface area contributed by atoms with E-state index >= 15 is 0 Å². The molecule has 0 aliphatic carbocycles. The van der Waals surface area contributed by atoms with E-state index in [9.17, 15) is 0 Å². The lowest BCUT2D eigenvalue weighted by molar-refractivity contribution is -0.153. The third-order valence-electron chi connectivity index (χ3n) is 3.72. The summed E-state index contributed by atoms with van der Waals surface area (Å²) in [7, 11) is 0. The average molecular weight is 340 g/mol. The molecule has 4 heteroatoms. The van der Waals surface area contributed by atoms with Crippen LogP contribution in [0.2, 0.25) is 0 Å². The molecular weight excluding hydrogens is 302 g/mol. The highest BCUT2D eigenvalue weighted by Gasteiger charge is 2.29. The summed E-state index contributed by atoms with van der Waals surface area (Å²) in [5, 5.41) is 7.88. The van der Waals surface area contributed by atoms with Crippen LogP contribution >= 0.6 is 0 Å². The van der Waals surface area contributed by atoms with Gasteiger partial charge in [0.25, 0.3) is 0 Å². The number of aliphatic hydroxyl groups excluding tert-OH is 1. The molecule has 0 saturated carbocycles.